The molecule has 4 heteroatoms. The lowest BCUT2D eigenvalue weighted by atomic mass is 10.1. The van der Waals surface area contributed by atoms with Crippen molar-refractivity contribution >= 4 is 17.7 Å². The Balaban J connectivity index is 2.00. The van der Waals surface area contributed by atoms with Crippen LogP contribution in [-0.2, 0) is 10.5 Å². The summed E-state index contributed by atoms with van der Waals surface area (Å²) in [7, 11) is 0. The monoisotopic (exact) mass is 320 g/mol. The van der Waals surface area contributed by atoms with Crippen LogP contribution in [0, 0.1) is 11.8 Å². The number of carbonyl (C=O) groups excluding carboxylic acids is 1. The van der Waals surface area contributed by atoms with Crippen molar-refractivity contribution in [2.75, 3.05) is 13.1 Å². The van der Waals surface area contributed by atoms with Crippen molar-refractivity contribution in [2.45, 2.75) is 44.2 Å². The average Bonchev–Trinajstić information content (AvgIpc) is 2.89. The second kappa shape index (κ2) is 8.02. The van der Waals surface area contributed by atoms with E-state index < -0.39 is 0 Å². The summed E-state index contributed by atoms with van der Waals surface area (Å²) >= 11 is 1.77. The second-order valence-corrected chi connectivity index (χ2v) is 7.77. The van der Waals surface area contributed by atoms with E-state index in [0.29, 0.717) is 30.3 Å². The second-order valence-electron chi connectivity index (χ2n) is 6.64. The van der Waals surface area contributed by atoms with Crippen molar-refractivity contribution in [2.24, 2.45) is 17.6 Å². The molecule has 0 saturated carbocycles. The Hall–Kier alpha value is -1.00. The van der Waals surface area contributed by atoms with E-state index in [9.17, 15) is 4.79 Å². The highest BCUT2D eigenvalue weighted by Gasteiger charge is 2.36. The summed E-state index contributed by atoms with van der Waals surface area (Å²) in [5.74, 6) is 1.98. The van der Waals surface area contributed by atoms with Crippen LogP contribution in [0.25, 0.3) is 0 Å². The first-order chi connectivity index (χ1) is 10.5. The molecule has 1 amide bonds. The minimum Gasteiger partial charge on any atom is -0.339 e. The minimum atomic E-state index is 0.0270. The fourth-order valence-corrected chi connectivity index (χ4v) is 4.32. The van der Waals surface area contributed by atoms with E-state index in [2.05, 4.69) is 49.9 Å². The predicted molar refractivity (Wildman–Crippen MR) is 94.7 cm³/mol. The van der Waals surface area contributed by atoms with Crippen LogP contribution in [0.4, 0.5) is 0 Å². The topological polar surface area (TPSA) is 46.3 Å². The molecule has 1 fully saturated rings. The van der Waals surface area contributed by atoms with E-state index in [4.69, 9.17) is 5.73 Å². The lowest BCUT2D eigenvalue weighted by Crippen LogP contribution is -2.42. The number of carbonyl (C=O) groups is 1. The summed E-state index contributed by atoms with van der Waals surface area (Å²) in [6.45, 7) is 7.93. The van der Waals surface area contributed by atoms with Gasteiger partial charge in [0.25, 0.3) is 0 Å². The van der Waals surface area contributed by atoms with Crippen molar-refractivity contribution in [3.8, 4) is 0 Å². The summed E-state index contributed by atoms with van der Waals surface area (Å²) in [4.78, 5) is 15.0. The van der Waals surface area contributed by atoms with Gasteiger partial charge in [0.1, 0.15) is 0 Å². The van der Waals surface area contributed by atoms with Crippen molar-refractivity contribution in [1.82, 2.24) is 4.90 Å². The average molecular weight is 321 g/mol. The SMILES string of the molecule is CC(C)C(SCc1ccccc1)C(=O)N1CC(CN)CC1C. The molecule has 122 valence electrons. The van der Waals surface area contributed by atoms with Gasteiger partial charge in [-0.3, -0.25) is 4.79 Å². The first kappa shape index (κ1) is 17.4. The standard InChI is InChI=1S/C18H28N2OS/c1-13(2)17(22-12-15-7-5-4-6-8-15)18(21)20-11-16(10-19)9-14(20)3/h4-8,13-14,16-17H,9-12,19H2,1-3H3. The van der Waals surface area contributed by atoms with Crippen molar-refractivity contribution < 1.29 is 4.79 Å². The van der Waals surface area contributed by atoms with Gasteiger partial charge in [-0.25, -0.2) is 0 Å². The lowest BCUT2D eigenvalue weighted by Gasteiger charge is -2.29. The first-order valence-electron chi connectivity index (χ1n) is 8.19. The van der Waals surface area contributed by atoms with E-state index in [-0.39, 0.29) is 5.25 Å². The van der Waals surface area contributed by atoms with E-state index in [1.54, 1.807) is 11.8 Å². The molecule has 0 radical (unpaired) electrons. The number of thioether (sulfide) groups is 1. The highest BCUT2D eigenvalue weighted by molar-refractivity contribution is 7.99. The van der Waals surface area contributed by atoms with Crippen LogP contribution in [0.1, 0.15) is 32.8 Å². The van der Waals surface area contributed by atoms with Gasteiger partial charge in [0.05, 0.1) is 5.25 Å². The molecule has 0 aliphatic carbocycles. The van der Waals surface area contributed by atoms with Crippen molar-refractivity contribution in [1.29, 1.82) is 0 Å². The quantitative estimate of drug-likeness (QED) is 0.876. The molecule has 3 nitrogen and oxygen atoms in total. The Morgan fingerprint density at radius 2 is 2.05 bits per heavy atom. The van der Waals surface area contributed by atoms with E-state index >= 15 is 0 Å². The Morgan fingerprint density at radius 1 is 1.36 bits per heavy atom. The highest BCUT2D eigenvalue weighted by Crippen LogP contribution is 2.30. The number of hydrogen-bond acceptors (Lipinski definition) is 3. The van der Waals surface area contributed by atoms with Crippen LogP contribution in [0.2, 0.25) is 0 Å². The number of rotatable bonds is 6. The number of hydrogen-bond donors (Lipinski definition) is 1. The molecule has 2 rings (SSSR count). The third-order valence-electron chi connectivity index (χ3n) is 4.40. The normalized spacial score (nSPS) is 23.0. The molecule has 0 bridgehead atoms. The number of benzene rings is 1. The van der Waals surface area contributed by atoms with Gasteiger partial charge in [-0.15, -0.1) is 11.8 Å². The van der Waals surface area contributed by atoms with Crippen LogP contribution in [0.5, 0.6) is 0 Å². The molecule has 0 spiro atoms. The molecule has 1 aliphatic rings. The molecular weight excluding hydrogens is 292 g/mol. The molecule has 1 heterocycles. The summed E-state index contributed by atoms with van der Waals surface area (Å²) in [6, 6.07) is 10.7. The van der Waals surface area contributed by atoms with Gasteiger partial charge in [0.2, 0.25) is 5.91 Å². The molecule has 22 heavy (non-hydrogen) atoms. The van der Waals surface area contributed by atoms with E-state index in [0.717, 1.165) is 18.7 Å². The maximum atomic E-state index is 12.9. The molecule has 3 unspecified atom stereocenters. The van der Waals surface area contributed by atoms with Crippen LogP contribution < -0.4 is 5.73 Å². The third-order valence-corrected chi connectivity index (χ3v) is 6.00. The van der Waals surface area contributed by atoms with Crippen LogP contribution >= 0.6 is 11.8 Å². The van der Waals surface area contributed by atoms with Crippen LogP contribution in [0.15, 0.2) is 30.3 Å². The lowest BCUT2D eigenvalue weighted by molar-refractivity contribution is -0.131. The maximum absolute atomic E-state index is 12.9. The molecule has 3 atom stereocenters. The van der Waals surface area contributed by atoms with E-state index in [1.807, 2.05) is 6.07 Å². The number of nitrogens with two attached hydrogens (primary N) is 1. The third kappa shape index (κ3) is 4.26. The Labute approximate surface area is 138 Å². The molecule has 1 aliphatic heterocycles. The van der Waals surface area contributed by atoms with E-state index in [1.165, 1.54) is 5.56 Å². The Bertz CT molecular complexity index is 477. The molecule has 2 N–H and O–H groups in total. The Kier molecular flexibility index (Phi) is 6.33. The predicted octanol–water partition coefficient (Wildman–Crippen LogP) is 3.14. The van der Waals surface area contributed by atoms with Gasteiger partial charge in [0.15, 0.2) is 0 Å². The van der Waals surface area contributed by atoms with Gasteiger partial charge in [-0.2, -0.15) is 0 Å². The Morgan fingerprint density at radius 3 is 2.59 bits per heavy atom. The number of amides is 1. The maximum Gasteiger partial charge on any atom is 0.236 e. The summed E-state index contributed by atoms with van der Waals surface area (Å²) < 4.78 is 0. The van der Waals surface area contributed by atoms with Crippen molar-refractivity contribution in [3.05, 3.63) is 35.9 Å². The summed E-state index contributed by atoms with van der Waals surface area (Å²) in [5.41, 5.74) is 7.06. The smallest absolute Gasteiger partial charge is 0.236 e. The number of likely N-dealkylation sites (tertiary alicyclic amines) is 1. The van der Waals surface area contributed by atoms with Gasteiger partial charge < -0.3 is 10.6 Å². The zero-order valence-electron chi connectivity index (χ0n) is 13.9. The van der Waals surface area contributed by atoms with Gasteiger partial charge in [0, 0.05) is 18.3 Å². The molecule has 0 aromatic heterocycles. The van der Waals surface area contributed by atoms with Gasteiger partial charge in [-0.1, -0.05) is 44.2 Å². The molecule has 1 aromatic carbocycles. The van der Waals surface area contributed by atoms with Crippen molar-refractivity contribution in [3.63, 3.8) is 0 Å². The minimum absolute atomic E-state index is 0.0270. The molecule has 1 saturated heterocycles. The molecular formula is C18H28N2OS. The van der Waals surface area contributed by atoms with Crippen LogP contribution in [-0.4, -0.2) is 35.2 Å². The zero-order chi connectivity index (χ0) is 16.1. The highest BCUT2D eigenvalue weighted by atomic mass is 32.2. The first-order valence-corrected chi connectivity index (χ1v) is 9.23. The fraction of sp³-hybridized carbons (Fsp3) is 0.611. The largest absolute Gasteiger partial charge is 0.339 e. The van der Waals surface area contributed by atoms with Gasteiger partial charge >= 0.3 is 0 Å². The summed E-state index contributed by atoms with van der Waals surface area (Å²) in [6.07, 6.45) is 1.04. The van der Waals surface area contributed by atoms with Crippen LogP contribution in [0.3, 0.4) is 0 Å². The summed E-state index contributed by atoms with van der Waals surface area (Å²) in [5, 5.41) is 0.0270. The number of nitrogens with zero attached hydrogens (tertiary/aromatic N) is 1. The van der Waals surface area contributed by atoms with Gasteiger partial charge in [-0.05, 0) is 37.3 Å². The molecule has 1 aromatic rings. The fourth-order valence-electron chi connectivity index (χ4n) is 3.09. The zero-order valence-corrected chi connectivity index (χ0v) is 14.7.